The predicted octanol–water partition coefficient (Wildman–Crippen LogP) is 5.32. The number of hydrogen-bond acceptors (Lipinski definition) is 5. The van der Waals surface area contributed by atoms with Gasteiger partial charge in [0, 0.05) is 30.4 Å². The molecule has 0 aliphatic carbocycles. The molecule has 0 saturated carbocycles. The van der Waals surface area contributed by atoms with E-state index in [0.29, 0.717) is 12.5 Å². The fourth-order valence-electron chi connectivity index (χ4n) is 4.67. The summed E-state index contributed by atoms with van der Waals surface area (Å²) >= 11 is 0. The first-order valence-electron chi connectivity index (χ1n) is 11.5. The zero-order chi connectivity index (χ0) is 23.5. The number of ether oxygens (including phenoxy) is 1. The third-order valence-electron chi connectivity index (χ3n) is 6.42. The number of aromatic nitrogens is 4. The molecule has 172 valence electrons. The summed E-state index contributed by atoms with van der Waals surface area (Å²) in [6.45, 7) is 2.59. The highest BCUT2D eigenvalue weighted by atomic mass is 16.5. The molecule has 0 radical (unpaired) electrons. The van der Waals surface area contributed by atoms with Crippen molar-refractivity contribution in [3.63, 3.8) is 0 Å². The molecule has 7 heteroatoms. The minimum absolute atomic E-state index is 0.0224. The van der Waals surface area contributed by atoms with Crippen molar-refractivity contribution >= 4 is 6.09 Å². The molecular weight excluding hydrogens is 426 g/mol. The average molecular weight is 454 g/mol. The van der Waals surface area contributed by atoms with Crippen LogP contribution in [0.15, 0.2) is 79.1 Å². The summed E-state index contributed by atoms with van der Waals surface area (Å²) in [7, 11) is 1.44. The highest BCUT2D eigenvalue weighted by molar-refractivity contribution is 5.68. The monoisotopic (exact) mass is 453 g/mol. The van der Waals surface area contributed by atoms with Gasteiger partial charge in [0.15, 0.2) is 0 Å². The Kier molecular flexibility index (Phi) is 6.08. The molecule has 1 amide bonds. The molecular formula is C27H27N5O2. The van der Waals surface area contributed by atoms with E-state index in [4.69, 9.17) is 9.84 Å². The Balaban J connectivity index is 1.53. The minimum Gasteiger partial charge on any atom is -0.453 e. The molecule has 2 aromatic carbocycles. The van der Waals surface area contributed by atoms with Gasteiger partial charge in [0.1, 0.15) is 0 Å². The van der Waals surface area contributed by atoms with E-state index in [-0.39, 0.29) is 18.1 Å². The molecule has 0 N–H and O–H groups in total. The lowest BCUT2D eigenvalue weighted by molar-refractivity contribution is 0.0826. The zero-order valence-electron chi connectivity index (χ0n) is 19.3. The first-order chi connectivity index (χ1) is 16.6. The summed E-state index contributed by atoms with van der Waals surface area (Å²) in [5.74, 6) is 0.584. The van der Waals surface area contributed by atoms with Crippen molar-refractivity contribution in [3.05, 3.63) is 95.9 Å². The van der Waals surface area contributed by atoms with Gasteiger partial charge in [-0.1, -0.05) is 60.2 Å². The topological polar surface area (TPSA) is 73.1 Å². The smallest absolute Gasteiger partial charge is 0.410 e. The summed E-state index contributed by atoms with van der Waals surface area (Å²) in [5.41, 5.74) is 5.19. The van der Waals surface area contributed by atoms with Crippen molar-refractivity contribution in [2.45, 2.75) is 31.7 Å². The van der Waals surface area contributed by atoms with Crippen LogP contribution in [0.1, 0.15) is 41.6 Å². The van der Waals surface area contributed by atoms with Gasteiger partial charge in [-0.05, 0) is 37.5 Å². The second kappa shape index (κ2) is 9.47. The maximum atomic E-state index is 12.8. The number of carbonyl (C=O) groups is 1. The van der Waals surface area contributed by atoms with Gasteiger partial charge in [0.05, 0.1) is 24.5 Å². The number of piperidine rings is 1. The van der Waals surface area contributed by atoms with Crippen molar-refractivity contribution < 1.29 is 9.53 Å². The average Bonchev–Trinajstić information content (AvgIpc) is 3.35. The van der Waals surface area contributed by atoms with Gasteiger partial charge in [-0.15, -0.1) is 0 Å². The van der Waals surface area contributed by atoms with E-state index in [2.05, 4.69) is 59.4 Å². The van der Waals surface area contributed by atoms with E-state index < -0.39 is 0 Å². The second-order valence-corrected chi connectivity index (χ2v) is 8.60. The SMILES string of the molecule is COC(=O)N1C[C@H](c2cc(-c3ccc(C)cc3)nn2-c2ncccn2)CC[C@H]1c1ccccc1. The molecule has 3 heterocycles. The molecule has 1 aliphatic rings. The Hall–Kier alpha value is -4.00. The maximum Gasteiger partial charge on any atom is 0.410 e. The van der Waals surface area contributed by atoms with E-state index >= 15 is 0 Å². The molecule has 2 aromatic heterocycles. The molecule has 1 saturated heterocycles. The second-order valence-electron chi connectivity index (χ2n) is 8.60. The lowest BCUT2D eigenvalue weighted by Crippen LogP contribution is -2.41. The molecule has 34 heavy (non-hydrogen) atoms. The quantitative estimate of drug-likeness (QED) is 0.418. The van der Waals surface area contributed by atoms with Crippen LogP contribution in [0.4, 0.5) is 4.79 Å². The predicted molar refractivity (Wildman–Crippen MR) is 130 cm³/mol. The number of benzene rings is 2. The van der Waals surface area contributed by atoms with Crippen molar-refractivity contribution in [1.29, 1.82) is 0 Å². The van der Waals surface area contributed by atoms with Gasteiger partial charge in [-0.3, -0.25) is 0 Å². The van der Waals surface area contributed by atoms with Crippen molar-refractivity contribution in [2.24, 2.45) is 0 Å². The van der Waals surface area contributed by atoms with Crippen molar-refractivity contribution in [3.8, 4) is 17.2 Å². The maximum absolute atomic E-state index is 12.8. The number of methoxy groups -OCH3 is 1. The minimum atomic E-state index is -0.320. The summed E-state index contributed by atoms with van der Waals surface area (Å²) < 4.78 is 6.98. The third kappa shape index (κ3) is 4.29. The Morgan fingerprint density at radius 1 is 0.971 bits per heavy atom. The first-order valence-corrected chi connectivity index (χ1v) is 11.5. The fraction of sp³-hybridized carbons (Fsp3) is 0.259. The number of likely N-dealkylation sites (tertiary alicyclic amines) is 1. The normalized spacial score (nSPS) is 18.0. The largest absolute Gasteiger partial charge is 0.453 e. The Morgan fingerprint density at radius 3 is 2.41 bits per heavy atom. The summed E-state index contributed by atoms with van der Waals surface area (Å²) in [4.78, 5) is 23.5. The van der Waals surface area contributed by atoms with Crippen molar-refractivity contribution in [1.82, 2.24) is 24.6 Å². The van der Waals surface area contributed by atoms with E-state index in [1.807, 2.05) is 27.8 Å². The number of carbonyl (C=O) groups excluding carboxylic acids is 1. The summed E-state index contributed by atoms with van der Waals surface area (Å²) in [6, 6.07) is 22.3. The van der Waals surface area contributed by atoms with Crippen molar-refractivity contribution in [2.75, 3.05) is 13.7 Å². The summed E-state index contributed by atoms with van der Waals surface area (Å²) in [5, 5.41) is 4.88. The van der Waals surface area contributed by atoms with Crippen LogP contribution < -0.4 is 0 Å². The first kappa shape index (κ1) is 21.8. The van der Waals surface area contributed by atoms with E-state index in [1.54, 1.807) is 18.5 Å². The summed E-state index contributed by atoms with van der Waals surface area (Å²) in [6.07, 6.45) is 4.83. The van der Waals surface area contributed by atoms with Gasteiger partial charge in [0.25, 0.3) is 5.95 Å². The van der Waals surface area contributed by atoms with Crippen LogP contribution in [-0.2, 0) is 4.74 Å². The van der Waals surface area contributed by atoms with Crippen LogP contribution in [0.3, 0.4) is 0 Å². The van der Waals surface area contributed by atoms with Gasteiger partial charge in [0.2, 0.25) is 0 Å². The number of nitrogens with zero attached hydrogens (tertiary/aromatic N) is 5. The lowest BCUT2D eigenvalue weighted by Gasteiger charge is -2.39. The van der Waals surface area contributed by atoms with Crippen LogP contribution in [0.2, 0.25) is 0 Å². The third-order valence-corrected chi connectivity index (χ3v) is 6.42. The lowest BCUT2D eigenvalue weighted by atomic mass is 9.87. The molecule has 5 rings (SSSR count). The molecule has 0 unspecified atom stereocenters. The van der Waals surface area contributed by atoms with Gasteiger partial charge in [-0.2, -0.15) is 5.10 Å². The zero-order valence-corrected chi connectivity index (χ0v) is 19.3. The Bertz CT molecular complexity index is 1260. The molecule has 2 atom stereocenters. The van der Waals surface area contributed by atoms with E-state index in [9.17, 15) is 4.79 Å². The number of rotatable bonds is 4. The van der Waals surface area contributed by atoms with Gasteiger partial charge >= 0.3 is 6.09 Å². The highest BCUT2D eigenvalue weighted by Gasteiger charge is 2.35. The van der Waals surface area contributed by atoms with Crippen LogP contribution >= 0.6 is 0 Å². The highest BCUT2D eigenvalue weighted by Crippen LogP contribution is 2.39. The fourth-order valence-corrected chi connectivity index (χ4v) is 4.67. The number of amides is 1. The molecule has 0 bridgehead atoms. The van der Waals surface area contributed by atoms with Gasteiger partial charge in [-0.25, -0.2) is 19.4 Å². The number of aryl methyl sites for hydroxylation is 1. The molecule has 1 aliphatic heterocycles. The van der Waals surface area contributed by atoms with Gasteiger partial charge < -0.3 is 9.64 Å². The molecule has 4 aromatic rings. The Labute approximate surface area is 199 Å². The van der Waals surface area contributed by atoms with Crippen LogP contribution in [0.25, 0.3) is 17.2 Å². The van der Waals surface area contributed by atoms with Crippen LogP contribution in [0, 0.1) is 6.92 Å². The van der Waals surface area contributed by atoms with Crippen LogP contribution in [0.5, 0.6) is 0 Å². The van der Waals surface area contributed by atoms with Crippen LogP contribution in [-0.4, -0.2) is 44.4 Å². The number of hydrogen-bond donors (Lipinski definition) is 0. The molecule has 1 fully saturated rings. The standard InChI is InChI=1S/C27H27N5O2/c1-19-9-11-20(12-10-19)23-17-25(32(30-23)26-28-15-6-16-29-26)22-13-14-24(21-7-4-3-5-8-21)31(18-22)27(33)34-2/h3-12,15-17,22,24H,13-14,18H2,1-2H3/t22-,24+/m1/s1. The Morgan fingerprint density at radius 2 is 1.71 bits per heavy atom. The molecule has 0 spiro atoms. The van der Waals surface area contributed by atoms with E-state index in [0.717, 1.165) is 35.4 Å². The molecule has 7 nitrogen and oxygen atoms in total. The van der Waals surface area contributed by atoms with E-state index in [1.165, 1.54) is 12.7 Å².